The highest BCUT2D eigenvalue weighted by atomic mass is 16.6. The van der Waals surface area contributed by atoms with Crippen LogP contribution < -0.4 is 10.1 Å². The fraction of sp³-hybridized carbons (Fsp3) is 0.400. The highest BCUT2D eigenvalue weighted by Crippen LogP contribution is 2.29. The van der Waals surface area contributed by atoms with Crippen LogP contribution in [-0.2, 0) is 7.05 Å². The van der Waals surface area contributed by atoms with Gasteiger partial charge in [-0.2, -0.15) is 0 Å². The lowest BCUT2D eigenvalue weighted by molar-refractivity contribution is -0.388. The molecule has 0 aliphatic heterocycles. The van der Waals surface area contributed by atoms with Gasteiger partial charge in [0.25, 0.3) is 0 Å². The molecule has 8 heteroatoms. The summed E-state index contributed by atoms with van der Waals surface area (Å²) in [7, 11) is 7.26. The van der Waals surface area contributed by atoms with E-state index in [1.165, 1.54) is 6.33 Å². The number of aromatic nitrogens is 2. The first kappa shape index (κ1) is 16.8. The van der Waals surface area contributed by atoms with Gasteiger partial charge in [0.05, 0.1) is 13.2 Å². The van der Waals surface area contributed by atoms with Crippen LogP contribution in [0.1, 0.15) is 11.6 Å². The lowest BCUT2D eigenvalue weighted by Crippen LogP contribution is -2.27. The van der Waals surface area contributed by atoms with Crippen molar-refractivity contribution in [1.29, 1.82) is 0 Å². The minimum atomic E-state index is -0.490. The van der Waals surface area contributed by atoms with Crippen LogP contribution in [0.15, 0.2) is 30.6 Å². The Hall–Kier alpha value is -2.61. The predicted molar refractivity (Wildman–Crippen MR) is 87.8 cm³/mol. The number of hydrogen-bond donors (Lipinski definition) is 1. The van der Waals surface area contributed by atoms with E-state index in [0.29, 0.717) is 12.4 Å². The molecule has 1 N–H and O–H groups in total. The molecule has 0 spiro atoms. The van der Waals surface area contributed by atoms with Crippen LogP contribution in [0.4, 0.5) is 11.6 Å². The summed E-state index contributed by atoms with van der Waals surface area (Å²) in [6, 6.07) is 7.73. The Balaban J connectivity index is 2.25. The molecule has 1 atom stereocenters. The number of hydrogen-bond acceptors (Lipinski definition) is 6. The molecule has 1 aromatic carbocycles. The van der Waals surface area contributed by atoms with Crippen molar-refractivity contribution >= 4 is 11.6 Å². The fourth-order valence-corrected chi connectivity index (χ4v) is 2.46. The van der Waals surface area contributed by atoms with Crippen LogP contribution in [0.3, 0.4) is 0 Å². The Morgan fingerprint density at radius 3 is 2.74 bits per heavy atom. The number of likely N-dealkylation sites (N-methyl/N-ethyl adjacent to an activating group) is 1. The zero-order valence-electron chi connectivity index (χ0n) is 13.7. The SMILES string of the molecule is COc1ccccc1C(CNc1c([N+](=O)[O-])ncn1C)N(C)C. The predicted octanol–water partition coefficient (Wildman–Crippen LogP) is 2.05. The van der Waals surface area contributed by atoms with E-state index in [1.54, 1.807) is 18.7 Å². The number of aryl methyl sites for hydroxylation is 1. The number of ether oxygens (including phenoxy) is 1. The standard InChI is InChI=1S/C15H21N5O3/c1-18(2)12(11-7-5-6-8-13(11)23-4)9-16-14-15(20(21)22)17-10-19(14)3/h5-8,10,12,16H,9H2,1-4H3. The maximum Gasteiger partial charge on any atom is 0.406 e. The lowest BCUT2D eigenvalue weighted by Gasteiger charge is -2.26. The van der Waals surface area contributed by atoms with Crippen LogP contribution >= 0.6 is 0 Å². The Bertz CT molecular complexity index is 684. The van der Waals surface area contributed by atoms with E-state index in [-0.39, 0.29) is 11.9 Å². The monoisotopic (exact) mass is 319 g/mol. The van der Waals surface area contributed by atoms with Crippen LogP contribution in [0.5, 0.6) is 5.75 Å². The van der Waals surface area contributed by atoms with Crippen molar-refractivity contribution in [3.8, 4) is 5.75 Å². The number of benzene rings is 1. The molecule has 0 aliphatic carbocycles. The summed E-state index contributed by atoms with van der Waals surface area (Å²) in [6.07, 6.45) is 1.42. The molecular formula is C15H21N5O3. The number of para-hydroxylation sites is 1. The van der Waals surface area contributed by atoms with Gasteiger partial charge in [-0.25, -0.2) is 0 Å². The van der Waals surface area contributed by atoms with Crippen molar-refractivity contribution in [2.75, 3.05) is 33.1 Å². The van der Waals surface area contributed by atoms with Crippen molar-refractivity contribution in [3.63, 3.8) is 0 Å². The first-order valence-corrected chi connectivity index (χ1v) is 7.14. The number of nitrogens with one attached hydrogen (secondary N) is 1. The van der Waals surface area contributed by atoms with Crippen LogP contribution in [0, 0.1) is 10.1 Å². The zero-order chi connectivity index (χ0) is 17.0. The number of nitrogens with zero attached hydrogens (tertiary/aromatic N) is 4. The number of nitro groups is 1. The van der Waals surface area contributed by atoms with Gasteiger partial charge in [0.1, 0.15) is 5.75 Å². The molecular weight excluding hydrogens is 298 g/mol. The van der Waals surface area contributed by atoms with Gasteiger partial charge < -0.3 is 25.1 Å². The molecule has 1 heterocycles. The summed E-state index contributed by atoms with van der Waals surface area (Å²) in [4.78, 5) is 16.4. The molecule has 0 fully saturated rings. The Labute approximate surface area is 134 Å². The Morgan fingerprint density at radius 1 is 1.43 bits per heavy atom. The summed E-state index contributed by atoms with van der Waals surface area (Å²) in [5.74, 6) is 0.995. The topological polar surface area (TPSA) is 85.5 Å². The van der Waals surface area contributed by atoms with E-state index in [4.69, 9.17) is 4.74 Å². The lowest BCUT2D eigenvalue weighted by atomic mass is 10.0. The Kier molecular flexibility index (Phi) is 5.17. The second-order valence-corrected chi connectivity index (χ2v) is 5.39. The highest BCUT2D eigenvalue weighted by Gasteiger charge is 2.23. The average molecular weight is 319 g/mol. The average Bonchev–Trinajstić information content (AvgIpc) is 2.89. The van der Waals surface area contributed by atoms with E-state index < -0.39 is 4.92 Å². The Morgan fingerprint density at radius 2 is 2.13 bits per heavy atom. The molecule has 1 unspecified atom stereocenters. The quantitative estimate of drug-likeness (QED) is 0.621. The summed E-state index contributed by atoms with van der Waals surface area (Å²) < 4.78 is 7.02. The minimum Gasteiger partial charge on any atom is -0.496 e. The van der Waals surface area contributed by atoms with Gasteiger partial charge in [-0.3, -0.25) is 4.57 Å². The van der Waals surface area contributed by atoms with E-state index in [9.17, 15) is 10.1 Å². The van der Waals surface area contributed by atoms with Crippen LogP contribution in [-0.4, -0.2) is 47.1 Å². The van der Waals surface area contributed by atoms with Gasteiger partial charge in [0, 0.05) is 19.2 Å². The maximum absolute atomic E-state index is 11.0. The molecule has 1 aromatic heterocycles. The van der Waals surface area contributed by atoms with E-state index in [1.807, 2.05) is 43.3 Å². The molecule has 0 aliphatic rings. The van der Waals surface area contributed by atoms with Gasteiger partial charge in [-0.05, 0) is 30.1 Å². The van der Waals surface area contributed by atoms with Crippen molar-refractivity contribution < 1.29 is 9.66 Å². The molecule has 124 valence electrons. The van der Waals surface area contributed by atoms with Gasteiger partial charge in [0.2, 0.25) is 12.1 Å². The zero-order valence-corrected chi connectivity index (χ0v) is 13.7. The first-order chi connectivity index (χ1) is 11.0. The second kappa shape index (κ2) is 7.10. The molecule has 0 amide bonds. The molecule has 8 nitrogen and oxygen atoms in total. The van der Waals surface area contributed by atoms with Gasteiger partial charge in [-0.1, -0.05) is 18.2 Å². The number of methoxy groups -OCH3 is 1. The molecule has 2 aromatic rings. The largest absolute Gasteiger partial charge is 0.496 e. The number of rotatable bonds is 7. The molecule has 0 saturated carbocycles. The van der Waals surface area contributed by atoms with Crippen LogP contribution in [0.25, 0.3) is 0 Å². The highest BCUT2D eigenvalue weighted by molar-refractivity contribution is 5.52. The molecule has 0 radical (unpaired) electrons. The van der Waals surface area contributed by atoms with Gasteiger partial charge in [0.15, 0.2) is 0 Å². The molecule has 23 heavy (non-hydrogen) atoms. The normalized spacial score (nSPS) is 12.2. The summed E-state index contributed by atoms with van der Waals surface area (Å²) in [5.41, 5.74) is 1.01. The third-order valence-corrected chi connectivity index (χ3v) is 3.67. The van der Waals surface area contributed by atoms with E-state index in [2.05, 4.69) is 10.3 Å². The van der Waals surface area contributed by atoms with Gasteiger partial charge >= 0.3 is 5.82 Å². The van der Waals surface area contributed by atoms with Crippen molar-refractivity contribution in [3.05, 3.63) is 46.3 Å². The maximum atomic E-state index is 11.0. The summed E-state index contributed by atoms with van der Waals surface area (Å²) >= 11 is 0. The van der Waals surface area contributed by atoms with Crippen LogP contribution in [0.2, 0.25) is 0 Å². The number of anilines is 1. The molecule has 0 bridgehead atoms. The minimum absolute atomic E-state index is 0.0133. The molecule has 2 rings (SSSR count). The molecule has 0 saturated heterocycles. The van der Waals surface area contributed by atoms with E-state index in [0.717, 1.165) is 11.3 Å². The third-order valence-electron chi connectivity index (χ3n) is 3.67. The van der Waals surface area contributed by atoms with E-state index >= 15 is 0 Å². The summed E-state index contributed by atoms with van der Waals surface area (Å²) in [5, 5.41) is 14.2. The third kappa shape index (κ3) is 3.59. The fourth-order valence-electron chi connectivity index (χ4n) is 2.46. The number of imidazole rings is 1. The summed E-state index contributed by atoms with van der Waals surface area (Å²) in [6.45, 7) is 0.480. The van der Waals surface area contributed by atoms with Gasteiger partial charge in [-0.15, -0.1) is 0 Å². The smallest absolute Gasteiger partial charge is 0.406 e. The first-order valence-electron chi connectivity index (χ1n) is 7.14. The van der Waals surface area contributed by atoms with Crippen molar-refractivity contribution in [2.24, 2.45) is 7.05 Å². The van der Waals surface area contributed by atoms with Crippen molar-refractivity contribution in [1.82, 2.24) is 14.5 Å². The van der Waals surface area contributed by atoms with Crippen molar-refractivity contribution in [2.45, 2.75) is 6.04 Å². The second-order valence-electron chi connectivity index (χ2n) is 5.39.